The number of alkyl carbamates (subject to hydrolysis) is 1. The molecule has 0 heterocycles. The summed E-state index contributed by atoms with van der Waals surface area (Å²) in [6.45, 7) is 7.35. The monoisotopic (exact) mass is 351 g/mol. The van der Waals surface area contributed by atoms with Crippen LogP contribution in [0.5, 0.6) is 0 Å². The summed E-state index contributed by atoms with van der Waals surface area (Å²) in [6, 6.07) is 8.11. The number of amides is 1. The molecule has 1 atom stereocenters. The zero-order chi connectivity index (χ0) is 18.8. The van der Waals surface area contributed by atoms with E-state index in [1.807, 2.05) is 44.2 Å². The van der Waals surface area contributed by atoms with Gasteiger partial charge >= 0.3 is 18.2 Å². The molecule has 0 spiro atoms. The first kappa shape index (κ1) is 20.5. The highest BCUT2D eigenvalue weighted by molar-refractivity contribution is 5.88. The van der Waals surface area contributed by atoms with Crippen molar-refractivity contribution < 1.29 is 28.6 Å². The predicted molar refractivity (Wildman–Crippen MR) is 90.7 cm³/mol. The molecule has 0 radical (unpaired) electrons. The van der Waals surface area contributed by atoms with Crippen LogP contribution in [0.4, 0.5) is 9.59 Å². The van der Waals surface area contributed by atoms with Crippen LogP contribution in [-0.2, 0) is 25.6 Å². The lowest BCUT2D eigenvalue weighted by Crippen LogP contribution is -2.46. The van der Waals surface area contributed by atoms with Gasteiger partial charge in [0.2, 0.25) is 0 Å². The van der Waals surface area contributed by atoms with E-state index in [4.69, 9.17) is 9.47 Å². The smallest absolute Gasteiger partial charge is 0.445 e. The lowest BCUT2D eigenvalue weighted by Gasteiger charge is -2.19. The molecule has 138 valence electrons. The van der Waals surface area contributed by atoms with Gasteiger partial charge in [0.25, 0.3) is 0 Å². The van der Waals surface area contributed by atoms with Crippen molar-refractivity contribution in [2.24, 2.45) is 11.8 Å². The van der Waals surface area contributed by atoms with Crippen molar-refractivity contribution >= 4 is 18.2 Å². The molecule has 0 saturated heterocycles. The fourth-order valence-corrected chi connectivity index (χ4v) is 1.80. The lowest BCUT2D eigenvalue weighted by atomic mass is 10.1. The Morgan fingerprint density at radius 3 is 2.20 bits per heavy atom. The third-order valence-electron chi connectivity index (χ3n) is 3.13. The van der Waals surface area contributed by atoms with E-state index in [2.05, 4.69) is 10.1 Å². The summed E-state index contributed by atoms with van der Waals surface area (Å²) in [7, 11) is 0. The second-order valence-corrected chi connectivity index (χ2v) is 6.30. The molecule has 1 aromatic rings. The number of hydrogen-bond acceptors (Lipinski definition) is 6. The Balaban J connectivity index is 2.50. The van der Waals surface area contributed by atoms with Crippen LogP contribution >= 0.6 is 0 Å². The zero-order valence-electron chi connectivity index (χ0n) is 15.0. The number of ether oxygens (including phenoxy) is 3. The number of nitrogens with one attached hydrogen (secondary N) is 1. The normalized spacial score (nSPS) is 11.8. The van der Waals surface area contributed by atoms with Gasteiger partial charge in [-0.25, -0.2) is 14.4 Å². The molecule has 0 bridgehead atoms. The van der Waals surface area contributed by atoms with Crippen LogP contribution in [0.15, 0.2) is 30.3 Å². The first-order valence-electron chi connectivity index (χ1n) is 8.15. The SMILES string of the molecule is CC(C)COC(=O)OC(=O)[C@@H](NC(=O)OCc1ccccc1)C(C)C. The molecule has 7 nitrogen and oxygen atoms in total. The van der Waals surface area contributed by atoms with Gasteiger partial charge in [-0.15, -0.1) is 0 Å². The average molecular weight is 351 g/mol. The van der Waals surface area contributed by atoms with Crippen LogP contribution < -0.4 is 5.32 Å². The van der Waals surface area contributed by atoms with Crippen LogP contribution in [0, 0.1) is 11.8 Å². The lowest BCUT2D eigenvalue weighted by molar-refractivity contribution is -0.143. The molecule has 0 saturated carbocycles. The third-order valence-corrected chi connectivity index (χ3v) is 3.13. The Bertz CT molecular complexity index is 570. The Morgan fingerprint density at radius 1 is 1.00 bits per heavy atom. The van der Waals surface area contributed by atoms with E-state index >= 15 is 0 Å². The summed E-state index contributed by atoms with van der Waals surface area (Å²) < 4.78 is 14.5. The summed E-state index contributed by atoms with van der Waals surface area (Å²) in [5.74, 6) is -1.07. The largest absolute Gasteiger partial charge is 0.516 e. The third kappa shape index (κ3) is 8.19. The van der Waals surface area contributed by atoms with Gasteiger partial charge in [0.05, 0.1) is 6.61 Å². The van der Waals surface area contributed by atoms with Crippen molar-refractivity contribution in [3.8, 4) is 0 Å². The number of hydrogen-bond donors (Lipinski definition) is 1. The van der Waals surface area contributed by atoms with Crippen LogP contribution in [0.3, 0.4) is 0 Å². The summed E-state index contributed by atoms with van der Waals surface area (Å²) in [4.78, 5) is 35.4. The first-order chi connectivity index (χ1) is 11.8. The average Bonchev–Trinajstić information content (AvgIpc) is 2.56. The van der Waals surface area contributed by atoms with Crippen LogP contribution in [0.1, 0.15) is 33.3 Å². The number of carbonyl (C=O) groups is 3. The maximum atomic E-state index is 12.1. The first-order valence-corrected chi connectivity index (χ1v) is 8.15. The van der Waals surface area contributed by atoms with Gasteiger partial charge in [-0.05, 0) is 17.4 Å². The minimum atomic E-state index is -1.08. The quantitative estimate of drug-likeness (QED) is 0.599. The Kier molecular flexibility index (Phi) is 8.46. The molecule has 0 unspecified atom stereocenters. The number of carbonyl (C=O) groups excluding carboxylic acids is 3. The second kappa shape index (κ2) is 10.3. The van der Waals surface area contributed by atoms with Crippen LogP contribution in [0.25, 0.3) is 0 Å². The molecule has 0 aromatic heterocycles. The van der Waals surface area contributed by atoms with Crippen molar-refractivity contribution in [3.05, 3.63) is 35.9 Å². The highest BCUT2D eigenvalue weighted by atomic mass is 16.7. The summed E-state index contributed by atoms with van der Waals surface area (Å²) in [5.41, 5.74) is 0.818. The molecule has 1 aromatic carbocycles. The van der Waals surface area contributed by atoms with Gasteiger partial charge in [0.1, 0.15) is 12.6 Å². The topological polar surface area (TPSA) is 90.9 Å². The Labute approximate surface area is 147 Å². The van der Waals surface area contributed by atoms with Gasteiger partial charge < -0.3 is 19.5 Å². The maximum Gasteiger partial charge on any atom is 0.516 e. The van der Waals surface area contributed by atoms with E-state index in [1.165, 1.54) is 0 Å². The molecular formula is C18H25NO6. The number of rotatable bonds is 7. The van der Waals surface area contributed by atoms with Crippen molar-refractivity contribution in [3.63, 3.8) is 0 Å². The summed E-state index contributed by atoms with van der Waals surface area (Å²) in [6.07, 6.45) is -1.85. The molecular weight excluding hydrogens is 326 g/mol. The number of benzene rings is 1. The van der Waals surface area contributed by atoms with E-state index in [0.717, 1.165) is 5.56 Å². The van der Waals surface area contributed by atoms with Gasteiger partial charge in [-0.3, -0.25) is 0 Å². The van der Waals surface area contributed by atoms with Crippen molar-refractivity contribution in [1.29, 1.82) is 0 Å². The molecule has 1 N–H and O–H groups in total. The van der Waals surface area contributed by atoms with E-state index < -0.39 is 24.3 Å². The van der Waals surface area contributed by atoms with Crippen LogP contribution in [0.2, 0.25) is 0 Å². The van der Waals surface area contributed by atoms with Gasteiger partial charge in [0.15, 0.2) is 0 Å². The van der Waals surface area contributed by atoms with Crippen LogP contribution in [-0.4, -0.2) is 30.9 Å². The fourth-order valence-electron chi connectivity index (χ4n) is 1.80. The molecule has 7 heteroatoms. The molecule has 25 heavy (non-hydrogen) atoms. The van der Waals surface area contributed by atoms with Gasteiger partial charge in [-0.1, -0.05) is 58.0 Å². The molecule has 0 aliphatic carbocycles. The standard InChI is InChI=1S/C18H25NO6/c1-12(2)10-24-18(22)25-16(20)15(13(3)4)19-17(21)23-11-14-8-6-5-7-9-14/h5-9,12-13,15H,10-11H2,1-4H3,(H,19,21)/t15-/m0/s1. The highest BCUT2D eigenvalue weighted by Gasteiger charge is 2.29. The number of esters is 1. The van der Waals surface area contributed by atoms with Crippen molar-refractivity contribution in [1.82, 2.24) is 5.32 Å². The minimum absolute atomic E-state index is 0.0724. The molecule has 0 aliphatic rings. The van der Waals surface area contributed by atoms with Gasteiger partial charge in [-0.2, -0.15) is 0 Å². The van der Waals surface area contributed by atoms with Crippen molar-refractivity contribution in [2.75, 3.05) is 6.61 Å². The fraction of sp³-hybridized carbons (Fsp3) is 0.500. The summed E-state index contributed by atoms with van der Waals surface area (Å²) >= 11 is 0. The van der Waals surface area contributed by atoms with E-state index in [9.17, 15) is 14.4 Å². The second-order valence-electron chi connectivity index (χ2n) is 6.30. The maximum absolute atomic E-state index is 12.1. The molecule has 0 aliphatic heterocycles. The Hall–Kier alpha value is -2.57. The molecule has 1 amide bonds. The molecule has 1 rings (SSSR count). The highest BCUT2D eigenvalue weighted by Crippen LogP contribution is 2.07. The Morgan fingerprint density at radius 2 is 1.64 bits per heavy atom. The summed E-state index contributed by atoms with van der Waals surface area (Å²) in [5, 5.41) is 2.41. The minimum Gasteiger partial charge on any atom is -0.445 e. The zero-order valence-corrected chi connectivity index (χ0v) is 15.0. The van der Waals surface area contributed by atoms with Gasteiger partial charge in [0, 0.05) is 0 Å². The van der Waals surface area contributed by atoms with E-state index in [0.29, 0.717) is 0 Å². The molecule has 0 fully saturated rings. The van der Waals surface area contributed by atoms with E-state index in [1.54, 1.807) is 13.8 Å². The predicted octanol–water partition coefficient (Wildman–Crippen LogP) is 3.27. The van der Waals surface area contributed by atoms with Crippen molar-refractivity contribution in [2.45, 2.75) is 40.3 Å². The van der Waals surface area contributed by atoms with E-state index in [-0.39, 0.29) is 25.0 Å².